The highest BCUT2D eigenvalue weighted by molar-refractivity contribution is 7.84. The smallest absolute Gasteiger partial charge is 0.162 e. The Kier molecular flexibility index (Phi) is 3.64. The molecule has 0 fully saturated rings. The van der Waals surface area contributed by atoms with Crippen LogP contribution in [0.1, 0.15) is 10.4 Å². The first-order valence-corrected chi connectivity index (χ1v) is 5.44. The summed E-state index contributed by atoms with van der Waals surface area (Å²) in [4.78, 5) is 10.5. The van der Waals surface area contributed by atoms with E-state index in [4.69, 9.17) is 4.74 Å². The van der Waals surface area contributed by atoms with Crippen molar-refractivity contribution in [2.75, 3.05) is 12.2 Å². The Labute approximate surface area is 79.2 Å². The van der Waals surface area contributed by atoms with E-state index in [1.807, 2.05) is 0 Å². The zero-order valence-electron chi connectivity index (χ0n) is 7.23. The van der Waals surface area contributed by atoms with Gasteiger partial charge in [-0.15, -0.1) is 0 Å². The largest absolute Gasteiger partial charge is 0.480 e. The van der Waals surface area contributed by atoms with Crippen molar-refractivity contribution in [2.45, 2.75) is 0 Å². The van der Waals surface area contributed by atoms with Crippen LogP contribution in [0.25, 0.3) is 0 Å². The van der Waals surface area contributed by atoms with Gasteiger partial charge in [-0.05, 0) is 12.1 Å². The fourth-order valence-electron chi connectivity index (χ4n) is 0.856. The zero-order chi connectivity index (χ0) is 9.68. The first-order chi connectivity index (χ1) is 6.24. The van der Waals surface area contributed by atoms with Gasteiger partial charge in [0.2, 0.25) is 0 Å². The number of carbonyl (C=O) groups is 1. The molecule has 70 valence electrons. The van der Waals surface area contributed by atoms with Gasteiger partial charge in [0, 0.05) is 6.26 Å². The van der Waals surface area contributed by atoms with Crippen molar-refractivity contribution < 1.29 is 13.7 Å². The molecule has 0 aliphatic carbocycles. The molecule has 3 nitrogen and oxygen atoms in total. The number of benzene rings is 1. The number of rotatable bonds is 4. The molecule has 4 heteroatoms. The zero-order valence-corrected chi connectivity index (χ0v) is 8.04. The Balaban J connectivity index is 2.75. The predicted octanol–water partition coefficient (Wildman–Crippen LogP) is 1.21. The Bertz CT molecular complexity index is 322. The second-order valence-corrected chi connectivity index (χ2v) is 3.87. The molecule has 1 rings (SSSR count). The van der Waals surface area contributed by atoms with Crippen molar-refractivity contribution in [1.29, 1.82) is 0 Å². The van der Waals surface area contributed by atoms with Crippen LogP contribution in [0, 0.1) is 0 Å². The maximum Gasteiger partial charge on any atom is 0.162 e. The number of hydrogen-bond acceptors (Lipinski definition) is 3. The highest BCUT2D eigenvalue weighted by Crippen LogP contribution is 2.15. The first-order valence-electron chi connectivity index (χ1n) is 3.71. The molecular weight excluding hydrogens is 188 g/mol. The lowest BCUT2D eigenvalue weighted by Gasteiger charge is -2.05. The SMILES string of the molecule is CS(=O)COc1ccccc1C=O. The molecule has 0 aliphatic rings. The minimum atomic E-state index is -1.01. The normalized spacial score (nSPS) is 12.1. The summed E-state index contributed by atoms with van der Waals surface area (Å²) in [6, 6.07) is 6.85. The fourth-order valence-corrected chi connectivity index (χ4v) is 1.15. The summed E-state index contributed by atoms with van der Waals surface area (Å²) in [7, 11) is -1.01. The number of aldehydes is 1. The van der Waals surface area contributed by atoms with E-state index < -0.39 is 10.8 Å². The van der Waals surface area contributed by atoms with Crippen LogP contribution in [0.2, 0.25) is 0 Å². The van der Waals surface area contributed by atoms with E-state index in [1.165, 1.54) is 0 Å². The second kappa shape index (κ2) is 4.77. The third-order valence-electron chi connectivity index (χ3n) is 1.43. The molecule has 13 heavy (non-hydrogen) atoms. The van der Waals surface area contributed by atoms with Crippen molar-refractivity contribution in [3.8, 4) is 5.75 Å². The van der Waals surface area contributed by atoms with E-state index in [0.29, 0.717) is 17.6 Å². The van der Waals surface area contributed by atoms with Crippen molar-refractivity contribution in [3.05, 3.63) is 29.8 Å². The monoisotopic (exact) mass is 198 g/mol. The third-order valence-corrected chi connectivity index (χ3v) is 1.88. The lowest BCUT2D eigenvalue weighted by atomic mass is 10.2. The molecule has 0 spiro atoms. The molecule has 1 atom stereocenters. The molecule has 0 bridgehead atoms. The van der Waals surface area contributed by atoms with Crippen LogP contribution in [0.3, 0.4) is 0 Å². The molecule has 0 N–H and O–H groups in total. The molecular formula is C9H10O3S. The summed E-state index contributed by atoms with van der Waals surface area (Å²) >= 11 is 0. The first kappa shape index (κ1) is 9.92. The van der Waals surface area contributed by atoms with Crippen molar-refractivity contribution in [1.82, 2.24) is 0 Å². The number of carbonyl (C=O) groups excluding carboxylic acids is 1. The predicted molar refractivity (Wildman–Crippen MR) is 51.4 cm³/mol. The summed E-state index contributed by atoms with van der Waals surface area (Å²) in [5.74, 6) is 0.595. The molecule has 0 aliphatic heterocycles. The molecule has 0 saturated heterocycles. The molecule has 1 aromatic rings. The van der Waals surface area contributed by atoms with E-state index in [0.717, 1.165) is 0 Å². The lowest BCUT2D eigenvalue weighted by molar-refractivity contribution is 0.112. The van der Waals surface area contributed by atoms with Gasteiger partial charge in [-0.2, -0.15) is 0 Å². The summed E-state index contributed by atoms with van der Waals surface area (Å²) < 4.78 is 15.9. The summed E-state index contributed by atoms with van der Waals surface area (Å²) in [6.07, 6.45) is 2.26. The van der Waals surface area contributed by atoms with Gasteiger partial charge in [0.15, 0.2) is 12.2 Å². The van der Waals surface area contributed by atoms with Crippen molar-refractivity contribution in [2.24, 2.45) is 0 Å². The average Bonchev–Trinajstić information content (AvgIpc) is 2.15. The molecule has 0 saturated carbocycles. The third kappa shape index (κ3) is 2.99. The molecule has 0 heterocycles. The van der Waals surface area contributed by atoms with Gasteiger partial charge in [0.25, 0.3) is 0 Å². The van der Waals surface area contributed by atoms with Crippen LogP contribution >= 0.6 is 0 Å². The van der Waals surface area contributed by atoms with Crippen molar-refractivity contribution in [3.63, 3.8) is 0 Å². The fraction of sp³-hybridized carbons (Fsp3) is 0.222. The minimum absolute atomic E-state index is 0.116. The lowest BCUT2D eigenvalue weighted by Crippen LogP contribution is -2.04. The highest BCUT2D eigenvalue weighted by atomic mass is 32.2. The van der Waals surface area contributed by atoms with E-state index in [1.54, 1.807) is 30.5 Å². The number of para-hydroxylation sites is 1. The average molecular weight is 198 g/mol. The molecule has 0 radical (unpaired) electrons. The van der Waals surface area contributed by atoms with Gasteiger partial charge in [-0.3, -0.25) is 9.00 Å². The Morgan fingerprint density at radius 1 is 1.46 bits per heavy atom. The number of ether oxygens (including phenoxy) is 1. The quantitative estimate of drug-likeness (QED) is 0.683. The van der Waals surface area contributed by atoms with E-state index in [2.05, 4.69) is 0 Å². The van der Waals surface area contributed by atoms with Gasteiger partial charge in [-0.1, -0.05) is 12.1 Å². The van der Waals surface area contributed by atoms with Crippen LogP contribution in [-0.2, 0) is 10.8 Å². The van der Waals surface area contributed by atoms with Gasteiger partial charge < -0.3 is 4.74 Å². The highest BCUT2D eigenvalue weighted by Gasteiger charge is 2.01. The number of hydrogen-bond donors (Lipinski definition) is 0. The van der Waals surface area contributed by atoms with E-state index in [-0.39, 0.29) is 5.94 Å². The van der Waals surface area contributed by atoms with Gasteiger partial charge in [0.05, 0.1) is 16.4 Å². The summed E-state index contributed by atoms with van der Waals surface area (Å²) in [6.45, 7) is 0. The van der Waals surface area contributed by atoms with Crippen LogP contribution < -0.4 is 4.74 Å². The summed E-state index contributed by atoms with van der Waals surface area (Å²) in [5, 5.41) is 0. The van der Waals surface area contributed by atoms with E-state index in [9.17, 15) is 9.00 Å². The Morgan fingerprint density at radius 2 is 2.15 bits per heavy atom. The van der Waals surface area contributed by atoms with Crippen molar-refractivity contribution >= 4 is 17.1 Å². The summed E-state index contributed by atoms with van der Waals surface area (Å²) in [5.41, 5.74) is 0.480. The molecule has 0 amide bonds. The van der Waals surface area contributed by atoms with Crippen LogP contribution in [0.15, 0.2) is 24.3 Å². The Hall–Kier alpha value is -1.16. The van der Waals surface area contributed by atoms with Gasteiger partial charge in [-0.25, -0.2) is 0 Å². The minimum Gasteiger partial charge on any atom is -0.480 e. The Morgan fingerprint density at radius 3 is 2.77 bits per heavy atom. The van der Waals surface area contributed by atoms with Gasteiger partial charge in [0.1, 0.15) is 5.75 Å². The topological polar surface area (TPSA) is 43.4 Å². The standard InChI is InChI=1S/C9H10O3S/c1-13(11)7-12-9-5-3-2-4-8(9)6-10/h2-6H,7H2,1H3. The van der Waals surface area contributed by atoms with Crippen LogP contribution in [-0.4, -0.2) is 22.7 Å². The maximum absolute atomic E-state index is 10.7. The molecule has 0 aromatic heterocycles. The molecule has 1 unspecified atom stereocenters. The molecule has 1 aromatic carbocycles. The second-order valence-electron chi connectivity index (χ2n) is 2.49. The maximum atomic E-state index is 10.7. The van der Waals surface area contributed by atoms with Gasteiger partial charge >= 0.3 is 0 Å². The van der Waals surface area contributed by atoms with Crippen LogP contribution in [0.5, 0.6) is 5.75 Å². The van der Waals surface area contributed by atoms with Crippen LogP contribution in [0.4, 0.5) is 0 Å². The van der Waals surface area contributed by atoms with E-state index >= 15 is 0 Å².